The second kappa shape index (κ2) is 6.74. The van der Waals surface area contributed by atoms with Crippen molar-refractivity contribution in [3.63, 3.8) is 0 Å². The predicted molar refractivity (Wildman–Crippen MR) is 96.6 cm³/mol. The number of thiophene rings is 1. The van der Waals surface area contributed by atoms with Gasteiger partial charge >= 0.3 is 0 Å². The molecule has 0 aliphatic carbocycles. The third kappa shape index (κ3) is 3.36. The first-order chi connectivity index (χ1) is 12.3. The molecule has 6 nitrogen and oxygen atoms in total. The van der Waals surface area contributed by atoms with Gasteiger partial charge in [0.2, 0.25) is 0 Å². The summed E-state index contributed by atoms with van der Waals surface area (Å²) in [5, 5.41) is 16.2. The van der Waals surface area contributed by atoms with Gasteiger partial charge in [-0.3, -0.25) is 9.89 Å². The lowest BCUT2D eigenvalue weighted by Gasteiger charge is -2.01. The third-order valence-corrected chi connectivity index (χ3v) is 4.61. The van der Waals surface area contributed by atoms with E-state index in [1.54, 1.807) is 28.3 Å². The molecular weight excluding hydrogens is 334 g/mol. The summed E-state index contributed by atoms with van der Waals surface area (Å²) in [6.45, 7) is 0.396. The predicted octanol–water partition coefficient (Wildman–Crippen LogP) is 3.25. The Kier molecular flexibility index (Phi) is 4.14. The van der Waals surface area contributed by atoms with Crippen molar-refractivity contribution in [2.24, 2.45) is 0 Å². The zero-order valence-corrected chi connectivity index (χ0v) is 14.0. The first kappa shape index (κ1) is 15.3. The number of amides is 1. The Balaban J connectivity index is 1.40. The van der Waals surface area contributed by atoms with Crippen LogP contribution in [0.5, 0.6) is 0 Å². The molecule has 0 spiro atoms. The van der Waals surface area contributed by atoms with Crippen molar-refractivity contribution in [3.05, 3.63) is 77.6 Å². The standard InChI is InChI=1S/C18H15N5OS/c24-18(16-9-15(21-22-16)17-7-4-8-25-17)19-10-13-11-20-23(12-13)14-5-2-1-3-6-14/h1-9,11-12H,10H2,(H,19,24)(H,21,22). The average Bonchev–Trinajstić information content (AvgIpc) is 3.41. The van der Waals surface area contributed by atoms with Crippen LogP contribution in [0.1, 0.15) is 16.1 Å². The SMILES string of the molecule is O=C(NCc1cnn(-c2ccccc2)c1)c1cc(-c2cccs2)[nH]n1. The maximum Gasteiger partial charge on any atom is 0.272 e. The summed E-state index contributed by atoms with van der Waals surface area (Å²) in [5.41, 5.74) is 3.12. The molecule has 0 saturated carbocycles. The first-order valence-electron chi connectivity index (χ1n) is 7.76. The number of hydrogen-bond donors (Lipinski definition) is 2. The Bertz CT molecular complexity index is 972. The Morgan fingerprint density at radius 2 is 2.08 bits per heavy atom. The minimum atomic E-state index is -0.216. The molecule has 0 unspecified atom stereocenters. The van der Waals surface area contributed by atoms with Gasteiger partial charge in [0, 0.05) is 18.3 Å². The van der Waals surface area contributed by atoms with Crippen molar-refractivity contribution >= 4 is 17.2 Å². The van der Waals surface area contributed by atoms with E-state index in [1.165, 1.54) is 0 Å². The molecule has 2 N–H and O–H groups in total. The first-order valence-corrected chi connectivity index (χ1v) is 8.64. The summed E-state index contributed by atoms with van der Waals surface area (Å²) < 4.78 is 1.78. The molecule has 0 saturated heterocycles. The van der Waals surface area contributed by atoms with E-state index in [-0.39, 0.29) is 5.91 Å². The number of rotatable bonds is 5. The van der Waals surface area contributed by atoms with Gasteiger partial charge in [0.15, 0.2) is 5.69 Å². The number of hydrogen-bond acceptors (Lipinski definition) is 4. The number of nitrogens with zero attached hydrogens (tertiary/aromatic N) is 3. The van der Waals surface area contributed by atoms with E-state index < -0.39 is 0 Å². The monoisotopic (exact) mass is 349 g/mol. The summed E-state index contributed by atoms with van der Waals surface area (Å²) in [6, 6.07) is 15.5. The molecule has 25 heavy (non-hydrogen) atoms. The van der Waals surface area contributed by atoms with Gasteiger partial charge in [-0.1, -0.05) is 24.3 Å². The van der Waals surface area contributed by atoms with E-state index in [0.717, 1.165) is 21.8 Å². The highest BCUT2D eigenvalue weighted by Gasteiger charge is 2.12. The van der Waals surface area contributed by atoms with Gasteiger partial charge in [-0.05, 0) is 29.6 Å². The number of benzene rings is 1. The molecule has 0 radical (unpaired) electrons. The van der Waals surface area contributed by atoms with Crippen LogP contribution in [0.2, 0.25) is 0 Å². The number of aromatic nitrogens is 4. The topological polar surface area (TPSA) is 75.6 Å². The molecule has 0 aliphatic heterocycles. The minimum Gasteiger partial charge on any atom is -0.346 e. The van der Waals surface area contributed by atoms with Crippen molar-refractivity contribution in [2.45, 2.75) is 6.54 Å². The zero-order valence-electron chi connectivity index (χ0n) is 13.2. The van der Waals surface area contributed by atoms with E-state index in [1.807, 2.05) is 54.0 Å². The highest BCUT2D eigenvalue weighted by atomic mass is 32.1. The summed E-state index contributed by atoms with van der Waals surface area (Å²) >= 11 is 1.60. The smallest absolute Gasteiger partial charge is 0.272 e. The van der Waals surface area contributed by atoms with E-state index in [4.69, 9.17) is 0 Å². The summed E-state index contributed by atoms with van der Waals surface area (Å²) in [4.78, 5) is 13.3. The molecule has 1 amide bonds. The molecule has 124 valence electrons. The lowest BCUT2D eigenvalue weighted by molar-refractivity contribution is 0.0946. The van der Waals surface area contributed by atoms with Gasteiger partial charge in [0.05, 0.1) is 22.5 Å². The Labute approximate surface area is 148 Å². The number of H-pyrrole nitrogens is 1. The fourth-order valence-corrected chi connectivity index (χ4v) is 3.13. The van der Waals surface area contributed by atoms with Crippen LogP contribution in [-0.2, 0) is 6.54 Å². The molecule has 3 aromatic heterocycles. The molecule has 0 aliphatic rings. The molecule has 0 fully saturated rings. The van der Waals surface area contributed by atoms with Crippen LogP contribution in [0, 0.1) is 0 Å². The van der Waals surface area contributed by atoms with Crippen molar-refractivity contribution in [1.29, 1.82) is 0 Å². The normalized spacial score (nSPS) is 10.7. The van der Waals surface area contributed by atoms with Gasteiger partial charge in [-0.2, -0.15) is 10.2 Å². The highest BCUT2D eigenvalue weighted by Crippen LogP contribution is 2.22. The summed E-state index contributed by atoms with van der Waals surface area (Å²) in [7, 11) is 0. The van der Waals surface area contributed by atoms with Crippen molar-refractivity contribution in [1.82, 2.24) is 25.3 Å². The maximum atomic E-state index is 12.3. The van der Waals surface area contributed by atoms with E-state index >= 15 is 0 Å². The second-order valence-electron chi connectivity index (χ2n) is 5.46. The van der Waals surface area contributed by atoms with Crippen LogP contribution in [-0.4, -0.2) is 25.9 Å². The number of carbonyl (C=O) groups is 1. The number of para-hydroxylation sites is 1. The molecule has 0 atom stereocenters. The minimum absolute atomic E-state index is 0.216. The molecule has 0 bridgehead atoms. The van der Waals surface area contributed by atoms with Gasteiger partial charge in [-0.15, -0.1) is 11.3 Å². The molecule has 1 aromatic carbocycles. The lowest BCUT2D eigenvalue weighted by atomic mass is 10.3. The molecule has 7 heteroatoms. The third-order valence-electron chi connectivity index (χ3n) is 3.71. The molecule has 4 rings (SSSR count). The fourth-order valence-electron chi connectivity index (χ4n) is 2.44. The van der Waals surface area contributed by atoms with Crippen LogP contribution in [0.3, 0.4) is 0 Å². The maximum absolute atomic E-state index is 12.3. The molecule has 4 aromatic rings. The Morgan fingerprint density at radius 3 is 2.88 bits per heavy atom. The van der Waals surface area contributed by atoms with Crippen LogP contribution >= 0.6 is 11.3 Å². The summed E-state index contributed by atoms with van der Waals surface area (Å²) in [6.07, 6.45) is 3.64. The quantitative estimate of drug-likeness (QED) is 0.581. The van der Waals surface area contributed by atoms with Crippen molar-refractivity contribution in [2.75, 3.05) is 0 Å². The van der Waals surface area contributed by atoms with Crippen molar-refractivity contribution < 1.29 is 4.79 Å². The van der Waals surface area contributed by atoms with E-state index in [0.29, 0.717) is 12.2 Å². The average molecular weight is 349 g/mol. The summed E-state index contributed by atoms with van der Waals surface area (Å²) in [5.74, 6) is -0.216. The van der Waals surface area contributed by atoms with Crippen molar-refractivity contribution in [3.8, 4) is 16.3 Å². The zero-order chi connectivity index (χ0) is 17.1. The van der Waals surface area contributed by atoms with Crippen LogP contribution in [0.4, 0.5) is 0 Å². The Morgan fingerprint density at radius 1 is 1.20 bits per heavy atom. The second-order valence-corrected chi connectivity index (χ2v) is 6.40. The molecular formula is C18H15N5OS. The Hall–Kier alpha value is -3.19. The highest BCUT2D eigenvalue weighted by molar-refractivity contribution is 7.13. The lowest BCUT2D eigenvalue weighted by Crippen LogP contribution is -2.22. The van der Waals surface area contributed by atoms with Gasteiger partial charge < -0.3 is 5.32 Å². The van der Waals surface area contributed by atoms with Gasteiger partial charge in [-0.25, -0.2) is 4.68 Å². The molecule has 3 heterocycles. The van der Waals surface area contributed by atoms with Crippen LogP contribution in [0.25, 0.3) is 16.3 Å². The number of nitrogens with one attached hydrogen (secondary N) is 2. The number of aromatic amines is 1. The van der Waals surface area contributed by atoms with Crippen LogP contribution in [0.15, 0.2) is 66.3 Å². The largest absolute Gasteiger partial charge is 0.346 e. The number of carbonyl (C=O) groups excluding carboxylic acids is 1. The van der Waals surface area contributed by atoms with E-state index in [9.17, 15) is 4.79 Å². The van der Waals surface area contributed by atoms with Gasteiger partial charge in [0.1, 0.15) is 0 Å². The fraction of sp³-hybridized carbons (Fsp3) is 0.0556. The van der Waals surface area contributed by atoms with Gasteiger partial charge in [0.25, 0.3) is 5.91 Å². The van der Waals surface area contributed by atoms with E-state index in [2.05, 4.69) is 20.6 Å². The van der Waals surface area contributed by atoms with Crippen LogP contribution < -0.4 is 5.32 Å².